The Kier molecular flexibility index (Phi) is 5.06. The maximum absolute atomic E-state index is 7.43. The Morgan fingerprint density at radius 3 is 1.93 bits per heavy atom. The molecule has 0 saturated heterocycles. The first-order valence-corrected chi connectivity index (χ1v) is 4.75. The lowest BCUT2D eigenvalue weighted by atomic mass is 9.99. The summed E-state index contributed by atoms with van der Waals surface area (Å²) in [7, 11) is 0. The van der Waals surface area contributed by atoms with E-state index >= 15 is 0 Å². The lowest BCUT2D eigenvalue weighted by Gasteiger charge is -2.09. The number of hydrogen-bond donors (Lipinski definition) is 1. The Bertz CT molecular complexity index is 306. The van der Waals surface area contributed by atoms with Gasteiger partial charge >= 0.3 is 0 Å². The summed E-state index contributed by atoms with van der Waals surface area (Å²) in [5.74, 6) is 0. The Labute approximate surface area is 87.0 Å². The van der Waals surface area contributed by atoms with Gasteiger partial charge in [-0.15, -0.1) is 0 Å². The Morgan fingerprint density at radius 2 is 1.57 bits per heavy atom. The second-order valence-electron chi connectivity index (χ2n) is 3.73. The molecule has 0 radical (unpaired) electrons. The molecule has 0 rings (SSSR count). The van der Waals surface area contributed by atoms with E-state index in [2.05, 4.69) is 25.6 Å². The van der Waals surface area contributed by atoms with E-state index in [1.165, 1.54) is 16.7 Å². The van der Waals surface area contributed by atoms with E-state index in [1.807, 2.05) is 20.8 Å². The zero-order valence-electron chi connectivity index (χ0n) is 9.86. The lowest BCUT2D eigenvalue weighted by Crippen LogP contribution is -1.95. The molecule has 0 aromatic carbocycles. The Hall–Kier alpha value is -1.18. The summed E-state index contributed by atoms with van der Waals surface area (Å²) in [5.41, 5.74) is 5.28. The molecule has 1 N–H and O–H groups in total. The molecule has 0 aliphatic carbocycles. The van der Waals surface area contributed by atoms with Crippen LogP contribution in [0, 0.1) is 5.41 Å². The summed E-state index contributed by atoms with van der Waals surface area (Å²) >= 11 is 0. The molecule has 0 saturated carbocycles. The molecule has 2 nitrogen and oxygen atoms in total. The summed E-state index contributed by atoms with van der Waals surface area (Å²) in [6.07, 6.45) is 0.744. The van der Waals surface area contributed by atoms with Crippen molar-refractivity contribution >= 4 is 12.4 Å². The average molecular weight is 192 g/mol. The molecule has 0 unspecified atom stereocenters. The second-order valence-corrected chi connectivity index (χ2v) is 3.73. The number of aliphatic imine (C=N–C) groups is 1. The van der Waals surface area contributed by atoms with Crippen LogP contribution in [0.25, 0.3) is 0 Å². The number of nitrogens with zero attached hydrogens (tertiary/aromatic N) is 1. The third kappa shape index (κ3) is 3.69. The van der Waals surface area contributed by atoms with Crippen molar-refractivity contribution in [2.24, 2.45) is 4.99 Å². The second kappa shape index (κ2) is 5.53. The smallest absolute Gasteiger partial charge is 0.0397 e. The van der Waals surface area contributed by atoms with Crippen LogP contribution in [0.2, 0.25) is 0 Å². The highest BCUT2D eigenvalue weighted by molar-refractivity contribution is 5.81. The minimum Gasteiger partial charge on any atom is -0.310 e. The van der Waals surface area contributed by atoms with E-state index in [9.17, 15) is 0 Å². The minimum absolute atomic E-state index is 0.693. The predicted octanol–water partition coefficient (Wildman–Crippen LogP) is 3.75. The zero-order chi connectivity index (χ0) is 11.3. The molecule has 0 aromatic rings. The molecular formula is C12H20N2. The SMILES string of the molecule is C=N/C(C)=C(C)/C(C)=C(\C)CC(C)=N. The van der Waals surface area contributed by atoms with Gasteiger partial charge in [-0.3, -0.25) is 4.99 Å². The van der Waals surface area contributed by atoms with Gasteiger partial charge in [-0.2, -0.15) is 0 Å². The highest BCUT2D eigenvalue weighted by Crippen LogP contribution is 2.20. The third-order valence-electron chi connectivity index (χ3n) is 2.51. The van der Waals surface area contributed by atoms with Crippen LogP contribution in [0.15, 0.2) is 27.4 Å². The summed E-state index contributed by atoms with van der Waals surface area (Å²) in [6, 6.07) is 0. The fraction of sp³-hybridized carbons (Fsp3) is 0.500. The van der Waals surface area contributed by atoms with Crippen molar-refractivity contribution in [2.75, 3.05) is 0 Å². The maximum atomic E-state index is 7.43. The molecule has 0 aliphatic rings. The van der Waals surface area contributed by atoms with Crippen molar-refractivity contribution in [3.05, 3.63) is 22.4 Å². The molecule has 0 aliphatic heterocycles. The van der Waals surface area contributed by atoms with Crippen LogP contribution >= 0.6 is 0 Å². The average Bonchev–Trinajstić information content (AvgIpc) is 2.13. The fourth-order valence-corrected chi connectivity index (χ4v) is 1.24. The first kappa shape index (κ1) is 12.8. The monoisotopic (exact) mass is 192 g/mol. The van der Waals surface area contributed by atoms with Gasteiger partial charge in [-0.05, 0) is 52.5 Å². The molecule has 0 atom stereocenters. The minimum atomic E-state index is 0.693. The van der Waals surface area contributed by atoms with Gasteiger partial charge in [-0.25, -0.2) is 0 Å². The van der Waals surface area contributed by atoms with Gasteiger partial charge in [0, 0.05) is 17.8 Å². The van der Waals surface area contributed by atoms with Gasteiger partial charge in [-0.1, -0.05) is 5.57 Å². The van der Waals surface area contributed by atoms with E-state index in [4.69, 9.17) is 5.41 Å². The molecule has 78 valence electrons. The van der Waals surface area contributed by atoms with Crippen LogP contribution in [-0.4, -0.2) is 12.4 Å². The van der Waals surface area contributed by atoms with Gasteiger partial charge in [0.25, 0.3) is 0 Å². The third-order valence-corrected chi connectivity index (χ3v) is 2.51. The van der Waals surface area contributed by atoms with Crippen LogP contribution in [0.1, 0.15) is 41.0 Å². The van der Waals surface area contributed by atoms with Gasteiger partial charge in [0.15, 0.2) is 0 Å². The van der Waals surface area contributed by atoms with Crippen LogP contribution < -0.4 is 0 Å². The molecule has 0 amide bonds. The first-order chi connectivity index (χ1) is 6.40. The highest BCUT2D eigenvalue weighted by Gasteiger charge is 2.02. The van der Waals surface area contributed by atoms with Crippen molar-refractivity contribution in [1.29, 1.82) is 5.41 Å². The van der Waals surface area contributed by atoms with Crippen LogP contribution in [-0.2, 0) is 0 Å². The topological polar surface area (TPSA) is 36.2 Å². The maximum Gasteiger partial charge on any atom is 0.0397 e. The van der Waals surface area contributed by atoms with Crippen molar-refractivity contribution in [3.8, 4) is 0 Å². The first-order valence-electron chi connectivity index (χ1n) is 4.75. The van der Waals surface area contributed by atoms with Crippen molar-refractivity contribution in [2.45, 2.75) is 41.0 Å². The van der Waals surface area contributed by atoms with Crippen LogP contribution in [0.3, 0.4) is 0 Å². The Balaban J connectivity index is 5.00. The number of hydrogen-bond acceptors (Lipinski definition) is 2. The molecule has 0 aromatic heterocycles. The summed E-state index contributed by atoms with van der Waals surface area (Å²) in [6.45, 7) is 13.5. The lowest BCUT2D eigenvalue weighted by molar-refractivity contribution is 1.11. The molecule has 0 bridgehead atoms. The quantitative estimate of drug-likeness (QED) is 0.520. The van der Waals surface area contributed by atoms with Crippen LogP contribution in [0.5, 0.6) is 0 Å². The zero-order valence-corrected chi connectivity index (χ0v) is 9.86. The van der Waals surface area contributed by atoms with E-state index < -0.39 is 0 Å². The number of allylic oxidation sites excluding steroid dienone is 4. The summed E-state index contributed by atoms with van der Waals surface area (Å²) < 4.78 is 0. The van der Waals surface area contributed by atoms with Gasteiger partial charge in [0.2, 0.25) is 0 Å². The highest BCUT2D eigenvalue weighted by atomic mass is 14.7. The Morgan fingerprint density at radius 1 is 1.07 bits per heavy atom. The van der Waals surface area contributed by atoms with E-state index in [0.29, 0.717) is 5.71 Å². The number of nitrogens with one attached hydrogen (secondary N) is 1. The molecule has 0 fully saturated rings. The summed E-state index contributed by atoms with van der Waals surface area (Å²) in [4.78, 5) is 3.91. The molecule has 0 heterocycles. The molecule has 2 heteroatoms. The van der Waals surface area contributed by atoms with E-state index in [0.717, 1.165) is 12.1 Å². The van der Waals surface area contributed by atoms with Crippen LogP contribution in [0.4, 0.5) is 0 Å². The van der Waals surface area contributed by atoms with Crippen molar-refractivity contribution < 1.29 is 0 Å². The molecule has 14 heavy (non-hydrogen) atoms. The van der Waals surface area contributed by atoms with Gasteiger partial charge in [0.1, 0.15) is 0 Å². The van der Waals surface area contributed by atoms with Gasteiger partial charge in [0.05, 0.1) is 0 Å². The van der Waals surface area contributed by atoms with Crippen molar-refractivity contribution in [1.82, 2.24) is 0 Å². The normalized spacial score (nSPS) is 14.4. The standard InChI is InChI=1S/C12H20N2/c1-8(7-9(2)13)10(3)11(4)12(5)14-6/h13H,6-7H2,1-5H3/b10-8+,12-11+,13-9?. The largest absolute Gasteiger partial charge is 0.310 e. The molecule has 0 spiro atoms. The number of rotatable bonds is 4. The summed E-state index contributed by atoms with van der Waals surface area (Å²) in [5, 5.41) is 7.43. The fourth-order valence-electron chi connectivity index (χ4n) is 1.24. The molecular weight excluding hydrogens is 172 g/mol. The van der Waals surface area contributed by atoms with E-state index in [1.54, 1.807) is 0 Å². The van der Waals surface area contributed by atoms with E-state index in [-0.39, 0.29) is 0 Å². The van der Waals surface area contributed by atoms with Gasteiger partial charge < -0.3 is 5.41 Å². The predicted molar refractivity (Wildman–Crippen MR) is 64.3 cm³/mol. The van der Waals surface area contributed by atoms with Crippen molar-refractivity contribution in [3.63, 3.8) is 0 Å².